The Balaban J connectivity index is 1.87. The number of carbonyl (C=O) groups excluding carboxylic acids is 2. The van der Waals surface area contributed by atoms with Gasteiger partial charge in [0.05, 0.1) is 16.0 Å². The fourth-order valence-electron chi connectivity index (χ4n) is 2.43. The van der Waals surface area contributed by atoms with Crippen molar-refractivity contribution in [3.05, 3.63) is 68.4 Å². The Bertz CT molecular complexity index is 1070. The molecule has 12 heteroatoms. The predicted octanol–water partition coefficient (Wildman–Crippen LogP) is 4.24. The van der Waals surface area contributed by atoms with E-state index in [2.05, 4.69) is 5.32 Å². The number of hydrogen-bond donors (Lipinski definition) is 2. The summed E-state index contributed by atoms with van der Waals surface area (Å²) < 4.78 is 44.0. The standard InChI is InChI=1S/C17H9ClF3N3O5/c18-11-5-8(6-12-15(25)23-16(26)22-12)1-4-14(11)29-9-2-3-10(17(19,20)21)13(7-9)24(27)28/h1-7H,(H2,22,23,25,26). The van der Waals surface area contributed by atoms with Crippen LogP contribution in [-0.2, 0) is 11.0 Å². The van der Waals surface area contributed by atoms with Crippen LogP contribution in [0.5, 0.6) is 11.5 Å². The number of nitrogens with zero attached hydrogens (tertiary/aromatic N) is 1. The molecule has 1 heterocycles. The summed E-state index contributed by atoms with van der Waals surface area (Å²) in [7, 11) is 0. The molecule has 1 fully saturated rings. The van der Waals surface area contributed by atoms with Crippen LogP contribution in [0.2, 0.25) is 5.02 Å². The van der Waals surface area contributed by atoms with Crippen molar-refractivity contribution in [3.8, 4) is 11.5 Å². The highest BCUT2D eigenvalue weighted by molar-refractivity contribution is 6.32. The number of rotatable bonds is 4. The summed E-state index contributed by atoms with van der Waals surface area (Å²) in [6.45, 7) is 0. The Morgan fingerprint density at radius 2 is 1.83 bits per heavy atom. The van der Waals surface area contributed by atoms with Gasteiger partial charge in [0.15, 0.2) is 0 Å². The molecule has 8 nitrogen and oxygen atoms in total. The van der Waals surface area contributed by atoms with Crippen molar-refractivity contribution < 1.29 is 32.4 Å². The van der Waals surface area contributed by atoms with E-state index in [1.165, 1.54) is 24.3 Å². The molecular weight excluding hydrogens is 419 g/mol. The minimum atomic E-state index is -4.89. The van der Waals surface area contributed by atoms with E-state index < -0.39 is 34.3 Å². The molecule has 0 aromatic heterocycles. The zero-order chi connectivity index (χ0) is 21.3. The zero-order valence-electron chi connectivity index (χ0n) is 14.0. The van der Waals surface area contributed by atoms with Crippen LogP contribution in [0.15, 0.2) is 42.1 Å². The normalized spacial score (nSPS) is 15.2. The molecule has 0 saturated carbocycles. The molecule has 0 unspecified atom stereocenters. The van der Waals surface area contributed by atoms with Crippen LogP contribution in [0.3, 0.4) is 0 Å². The Morgan fingerprint density at radius 3 is 2.38 bits per heavy atom. The third-order valence-corrected chi connectivity index (χ3v) is 3.98. The summed E-state index contributed by atoms with van der Waals surface area (Å²) in [6, 6.07) is 5.64. The lowest BCUT2D eigenvalue weighted by atomic mass is 10.1. The second kappa shape index (κ2) is 7.43. The topological polar surface area (TPSA) is 111 Å². The number of amides is 3. The number of benzene rings is 2. The SMILES string of the molecule is O=C1NC(=O)C(=Cc2ccc(Oc3ccc(C(F)(F)F)c([N+](=O)[O-])c3)c(Cl)c2)N1. The fraction of sp³-hybridized carbons (Fsp3) is 0.0588. The molecule has 0 aliphatic carbocycles. The molecule has 2 aromatic rings. The van der Waals surface area contributed by atoms with Crippen LogP contribution in [0, 0.1) is 10.1 Å². The minimum Gasteiger partial charge on any atom is -0.456 e. The second-order valence-corrected chi connectivity index (χ2v) is 6.10. The van der Waals surface area contributed by atoms with Crippen LogP contribution in [0.25, 0.3) is 6.08 Å². The van der Waals surface area contributed by atoms with Crippen LogP contribution in [0.1, 0.15) is 11.1 Å². The number of ether oxygens (including phenoxy) is 1. The molecule has 0 bridgehead atoms. The molecular formula is C17H9ClF3N3O5. The van der Waals surface area contributed by atoms with Crippen molar-refractivity contribution in [1.29, 1.82) is 0 Å². The predicted molar refractivity (Wildman–Crippen MR) is 94.3 cm³/mol. The maximum Gasteiger partial charge on any atom is 0.423 e. The summed E-state index contributed by atoms with van der Waals surface area (Å²) in [4.78, 5) is 32.4. The maximum atomic E-state index is 12.9. The van der Waals surface area contributed by atoms with Gasteiger partial charge in [-0.25, -0.2) is 4.79 Å². The molecule has 2 aromatic carbocycles. The highest BCUT2D eigenvalue weighted by Gasteiger charge is 2.38. The van der Waals surface area contributed by atoms with Crippen molar-refractivity contribution in [2.24, 2.45) is 0 Å². The highest BCUT2D eigenvalue weighted by Crippen LogP contribution is 2.39. The molecule has 0 radical (unpaired) electrons. The van der Waals surface area contributed by atoms with Crippen molar-refractivity contribution >= 4 is 35.3 Å². The summed E-state index contributed by atoms with van der Waals surface area (Å²) in [5.41, 5.74) is -2.14. The Morgan fingerprint density at radius 1 is 1.10 bits per heavy atom. The van der Waals surface area contributed by atoms with Gasteiger partial charge < -0.3 is 10.1 Å². The number of alkyl halides is 3. The number of carbonyl (C=O) groups is 2. The van der Waals surface area contributed by atoms with Gasteiger partial charge in [0.25, 0.3) is 11.6 Å². The van der Waals surface area contributed by atoms with Crippen LogP contribution in [-0.4, -0.2) is 16.9 Å². The molecule has 0 spiro atoms. The van der Waals surface area contributed by atoms with Crippen LogP contribution < -0.4 is 15.4 Å². The van der Waals surface area contributed by atoms with Crippen LogP contribution >= 0.6 is 11.6 Å². The first-order chi connectivity index (χ1) is 13.5. The van der Waals surface area contributed by atoms with Gasteiger partial charge in [-0.1, -0.05) is 17.7 Å². The number of halogens is 4. The van der Waals surface area contributed by atoms with E-state index in [4.69, 9.17) is 16.3 Å². The minimum absolute atomic E-state index is 0.00176. The summed E-state index contributed by atoms with van der Waals surface area (Å²) in [5.74, 6) is -0.827. The number of nitro groups is 1. The smallest absolute Gasteiger partial charge is 0.423 e. The number of imide groups is 1. The van der Waals surface area contributed by atoms with E-state index in [9.17, 15) is 32.9 Å². The van der Waals surface area contributed by atoms with Gasteiger partial charge in [0.2, 0.25) is 0 Å². The highest BCUT2D eigenvalue weighted by atomic mass is 35.5. The van der Waals surface area contributed by atoms with E-state index >= 15 is 0 Å². The van der Waals surface area contributed by atoms with Gasteiger partial charge in [-0.05, 0) is 35.9 Å². The molecule has 3 amide bonds. The van der Waals surface area contributed by atoms with Crippen molar-refractivity contribution in [2.45, 2.75) is 6.18 Å². The lowest BCUT2D eigenvalue weighted by Crippen LogP contribution is -2.22. The first kappa shape index (κ1) is 20.1. The number of hydrogen-bond acceptors (Lipinski definition) is 5. The van der Waals surface area contributed by atoms with E-state index in [0.29, 0.717) is 17.7 Å². The summed E-state index contributed by atoms with van der Waals surface area (Å²) >= 11 is 6.08. The van der Waals surface area contributed by atoms with Gasteiger partial charge in [-0.15, -0.1) is 0 Å². The monoisotopic (exact) mass is 427 g/mol. The van der Waals surface area contributed by atoms with Crippen molar-refractivity contribution in [2.75, 3.05) is 0 Å². The molecule has 1 aliphatic heterocycles. The Labute approximate surface area is 165 Å². The van der Waals surface area contributed by atoms with E-state index in [1.807, 2.05) is 5.32 Å². The average molecular weight is 428 g/mol. The maximum absolute atomic E-state index is 12.9. The first-order valence-electron chi connectivity index (χ1n) is 7.71. The molecule has 1 aliphatic rings. The fourth-order valence-corrected chi connectivity index (χ4v) is 2.66. The van der Waals surface area contributed by atoms with Crippen LogP contribution in [0.4, 0.5) is 23.7 Å². The Hall–Kier alpha value is -3.60. The summed E-state index contributed by atoms with van der Waals surface area (Å²) in [5, 5.41) is 15.3. The third kappa shape index (κ3) is 4.46. The molecule has 0 atom stereocenters. The van der Waals surface area contributed by atoms with Crippen molar-refractivity contribution in [3.63, 3.8) is 0 Å². The first-order valence-corrected chi connectivity index (χ1v) is 8.09. The van der Waals surface area contributed by atoms with Gasteiger partial charge in [0.1, 0.15) is 22.8 Å². The third-order valence-electron chi connectivity index (χ3n) is 3.69. The van der Waals surface area contributed by atoms with Crippen molar-refractivity contribution in [1.82, 2.24) is 10.6 Å². The quantitative estimate of drug-likeness (QED) is 0.328. The van der Waals surface area contributed by atoms with E-state index in [0.717, 1.165) is 6.07 Å². The van der Waals surface area contributed by atoms with Gasteiger partial charge in [-0.3, -0.25) is 20.2 Å². The molecule has 2 N–H and O–H groups in total. The zero-order valence-corrected chi connectivity index (χ0v) is 14.8. The van der Waals surface area contributed by atoms with Gasteiger partial charge >= 0.3 is 12.2 Å². The second-order valence-electron chi connectivity index (χ2n) is 5.69. The number of nitrogens with one attached hydrogen (secondary N) is 2. The average Bonchev–Trinajstić information content (AvgIpc) is 2.93. The van der Waals surface area contributed by atoms with Gasteiger partial charge in [0, 0.05) is 0 Å². The molecule has 1 saturated heterocycles. The molecule has 3 rings (SSSR count). The lowest BCUT2D eigenvalue weighted by Gasteiger charge is -2.11. The molecule has 29 heavy (non-hydrogen) atoms. The van der Waals surface area contributed by atoms with Gasteiger partial charge in [-0.2, -0.15) is 13.2 Å². The summed E-state index contributed by atoms with van der Waals surface area (Å²) in [6.07, 6.45) is -3.55. The number of urea groups is 1. The lowest BCUT2D eigenvalue weighted by molar-refractivity contribution is -0.388. The van der Waals surface area contributed by atoms with E-state index in [-0.39, 0.29) is 22.2 Å². The largest absolute Gasteiger partial charge is 0.456 e. The Kier molecular flexibility index (Phi) is 5.16. The van der Waals surface area contributed by atoms with E-state index in [1.54, 1.807) is 0 Å². The molecule has 150 valence electrons. The number of nitro benzene ring substituents is 1.